The number of pyridine rings is 1. The zero-order valence-corrected chi connectivity index (χ0v) is 13.9. The minimum Gasteiger partial charge on any atom is -0.279 e. The highest BCUT2D eigenvalue weighted by Crippen LogP contribution is 2.27. The molecule has 7 heteroatoms. The van der Waals surface area contributed by atoms with E-state index >= 15 is 0 Å². The van der Waals surface area contributed by atoms with Crippen molar-refractivity contribution < 1.29 is 8.42 Å². The summed E-state index contributed by atoms with van der Waals surface area (Å²) in [5.74, 6) is 0. The van der Waals surface area contributed by atoms with Gasteiger partial charge in [-0.25, -0.2) is 8.42 Å². The Morgan fingerprint density at radius 2 is 1.95 bits per heavy atom. The summed E-state index contributed by atoms with van der Waals surface area (Å²) in [6.07, 6.45) is 3.15. The monoisotopic (exact) mass is 404 g/mol. The molecule has 0 radical (unpaired) electrons. The van der Waals surface area contributed by atoms with Crippen molar-refractivity contribution in [3.05, 3.63) is 51.2 Å². The zero-order valence-electron chi connectivity index (χ0n) is 9.89. The van der Waals surface area contributed by atoms with Crippen LogP contribution in [0.3, 0.4) is 0 Å². The van der Waals surface area contributed by atoms with Gasteiger partial charge in [0, 0.05) is 21.3 Å². The molecular formula is C12H10Br2N2O2S. The van der Waals surface area contributed by atoms with Gasteiger partial charge in [0.05, 0.1) is 5.69 Å². The van der Waals surface area contributed by atoms with Crippen molar-refractivity contribution in [1.82, 2.24) is 4.98 Å². The second-order valence-electron chi connectivity index (χ2n) is 3.87. The maximum absolute atomic E-state index is 12.3. The van der Waals surface area contributed by atoms with Crippen LogP contribution in [0.2, 0.25) is 0 Å². The van der Waals surface area contributed by atoms with Crippen LogP contribution in [0.15, 0.2) is 50.5 Å². The number of halogens is 2. The van der Waals surface area contributed by atoms with Gasteiger partial charge in [0.1, 0.15) is 4.90 Å². The van der Waals surface area contributed by atoms with Gasteiger partial charge in [-0.15, -0.1) is 0 Å². The van der Waals surface area contributed by atoms with Crippen LogP contribution in [0.25, 0.3) is 0 Å². The smallest absolute Gasteiger partial charge is 0.263 e. The molecule has 19 heavy (non-hydrogen) atoms. The molecule has 0 aliphatic heterocycles. The average molecular weight is 406 g/mol. The summed E-state index contributed by atoms with van der Waals surface area (Å²) in [7, 11) is -3.63. The van der Waals surface area contributed by atoms with Crippen molar-refractivity contribution in [1.29, 1.82) is 0 Å². The fraction of sp³-hybridized carbons (Fsp3) is 0.0833. The number of benzene rings is 1. The number of anilines is 1. The van der Waals surface area contributed by atoms with Gasteiger partial charge in [-0.05, 0) is 52.7 Å². The molecule has 1 N–H and O–H groups in total. The molecule has 1 aromatic carbocycles. The molecule has 100 valence electrons. The summed E-state index contributed by atoms with van der Waals surface area (Å²) in [6, 6.07) is 6.53. The first-order chi connectivity index (χ1) is 8.90. The Kier molecular flexibility index (Phi) is 4.27. The van der Waals surface area contributed by atoms with Gasteiger partial charge in [0.25, 0.3) is 10.0 Å². The van der Waals surface area contributed by atoms with Crippen molar-refractivity contribution in [3.63, 3.8) is 0 Å². The van der Waals surface area contributed by atoms with Crippen LogP contribution in [0.1, 0.15) is 5.56 Å². The number of rotatable bonds is 3. The lowest BCUT2D eigenvalue weighted by Crippen LogP contribution is -2.14. The van der Waals surface area contributed by atoms with Crippen molar-refractivity contribution in [3.8, 4) is 0 Å². The zero-order chi connectivity index (χ0) is 14.0. The number of hydrogen-bond acceptors (Lipinski definition) is 3. The van der Waals surface area contributed by atoms with Crippen molar-refractivity contribution in [2.75, 3.05) is 4.72 Å². The molecule has 0 aliphatic carbocycles. The van der Waals surface area contributed by atoms with E-state index in [0.29, 0.717) is 10.2 Å². The summed E-state index contributed by atoms with van der Waals surface area (Å²) < 4.78 is 28.5. The summed E-state index contributed by atoms with van der Waals surface area (Å²) in [6.45, 7) is 1.79. The predicted octanol–water partition coefficient (Wildman–Crippen LogP) is 3.72. The van der Waals surface area contributed by atoms with Gasteiger partial charge in [0.15, 0.2) is 0 Å². The summed E-state index contributed by atoms with van der Waals surface area (Å²) in [5.41, 5.74) is 1.28. The van der Waals surface area contributed by atoms with E-state index in [2.05, 4.69) is 41.6 Å². The third-order valence-corrected chi connectivity index (χ3v) is 5.28. The summed E-state index contributed by atoms with van der Waals surface area (Å²) in [4.78, 5) is 4.11. The predicted molar refractivity (Wildman–Crippen MR) is 81.6 cm³/mol. The Morgan fingerprint density at radius 1 is 1.21 bits per heavy atom. The number of hydrogen-bond donors (Lipinski definition) is 1. The molecule has 0 amide bonds. The molecule has 2 rings (SSSR count). The largest absolute Gasteiger partial charge is 0.279 e. The van der Waals surface area contributed by atoms with E-state index < -0.39 is 10.0 Å². The number of nitrogens with one attached hydrogen (secondary N) is 1. The van der Waals surface area contributed by atoms with Crippen LogP contribution < -0.4 is 4.72 Å². The van der Waals surface area contributed by atoms with E-state index in [0.717, 1.165) is 10.0 Å². The van der Waals surface area contributed by atoms with Crippen LogP contribution in [0.4, 0.5) is 5.69 Å². The van der Waals surface area contributed by atoms with Gasteiger partial charge in [-0.2, -0.15) is 0 Å². The topological polar surface area (TPSA) is 59.1 Å². The maximum atomic E-state index is 12.3. The minimum absolute atomic E-state index is 0.187. The Bertz CT molecular complexity index is 717. The number of aryl methyl sites for hydroxylation is 1. The molecule has 0 aliphatic rings. The third kappa shape index (κ3) is 3.34. The Balaban J connectivity index is 2.41. The molecule has 0 atom stereocenters. The van der Waals surface area contributed by atoms with Crippen LogP contribution in [0.5, 0.6) is 0 Å². The fourth-order valence-corrected chi connectivity index (χ4v) is 4.36. The number of sulfonamides is 1. The molecule has 2 aromatic rings. The van der Waals surface area contributed by atoms with Gasteiger partial charge in [-0.1, -0.05) is 15.9 Å². The molecular weight excluding hydrogens is 396 g/mol. The first-order valence-corrected chi connectivity index (χ1v) is 8.35. The molecule has 4 nitrogen and oxygen atoms in total. The first kappa shape index (κ1) is 14.5. The number of aromatic nitrogens is 1. The lowest BCUT2D eigenvalue weighted by Gasteiger charge is -2.11. The highest BCUT2D eigenvalue weighted by molar-refractivity contribution is 9.11. The highest BCUT2D eigenvalue weighted by Gasteiger charge is 2.18. The van der Waals surface area contributed by atoms with Gasteiger partial charge in [-0.3, -0.25) is 9.71 Å². The van der Waals surface area contributed by atoms with Crippen LogP contribution in [0, 0.1) is 6.92 Å². The molecule has 1 aromatic heterocycles. The molecule has 1 heterocycles. The van der Waals surface area contributed by atoms with Crippen molar-refractivity contribution >= 4 is 47.6 Å². The van der Waals surface area contributed by atoms with Gasteiger partial charge in [0.2, 0.25) is 0 Å². The quantitative estimate of drug-likeness (QED) is 0.846. The normalized spacial score (nSPS) is 11.3. The second kappa shape index (κ2) is 5.60. The van der Waals surface area contributed by atoms with Crippen molar-refractivity contribution in [2.24, 2.45) is 0 Å². The van der Waals surface area contributed by atoms with Crippen LogP contribution >= 0.6 is 31.9 Å². The standard InChI is InChI=1S/C12H10Br2N2O2S/c1-8-7-15-5-4-11(8)16-19(17,18)12-3-2-9(13)6-10(12)14/h2-7H,1H3,(H,15,16). The van der Waals surface area contributed by atoms with E-state index in [1.807, 2.05) is 0 Å². The molecule has 0 unspecified atom stereocenters. The Morgan fingerprint density at radius 3 is 2.58 bits per heavy atom. The SMILES string of the molecule is Cc1cnccc1NS(=O)(=O)c1ccc(Br)cc1Br. The third-order valence-electron chi connectivity index (χ3n) is 2.45. The van der Waals surface area contributed by atoms with E-state index in [4.69, 9.17) is 0 Å². The van der Waals surface area contributed by atoms with Gasteiger partial charge < -0.3 is 0 Å². The first-order valence-electron chi connectivity index (χ1n) is 5.28. The Labute approximate surface area is 128 Å². The van der Waals surface area contributed by atoms with Crippen molar-refractivity contribution in [2.45, 2.75) is 11.8 Å². The summed E-state index contributed by atoms with van der Waals surface area (Å²) >= 11 is 6.54. The highest BCUT2D eigenvalue weighted by atomic mass is 79.9. The maximum Gasteiger partial charge on any atom is 0.263 e. The lowest BCUT2D eigenvalue weighted by atomic mass is 10.3. The molecule has 0 bridgehead atoms. The van der Waals surface area contributed by atoms with E-state index in [-0.39, 0.29) is 4.90 Å². The molecule has 0 saturated carbocycles. The van der Waals surface area contributed by atoms with Gasteiger partial charge >= 0.3 is 0 Å². The molecule has 0 spiro atoms. The van der Waals surface area contributed by atoms with E-state index in [1.165, 1.54) is 6.07 Å². The minimum atomic E-state index is -3.63. The number of nitrogens with zero attached hydrogens (tertiary/aromatic N) is 1. The Hall–Kier alpha value is -0.920. The fourth-order valence-electron chi connectivity index (χ4n) is 1.48. The van der Waals surface area contributed by atoms with E-state index in [1.54, 1.807) is 37.5 Å². The van der Waals surface area contributed by atoms with E-state index in [9.17, 15) is 8.42 Å². The van der Waals surface area contributed by atoms with Crippen LogP contribution in [-0.4, -0.2) is 13.4 Å². The molecule has 0 fully saturated rings. The lowest BCUT2D eigenvalue weighted by molar-refractivity contribution is 0.600. The summed E-state index contributed by atoms with van der Waals surface area (Å²) in [5, 5.41) is 0. The van der Waals surface area contributed by atoms with Crippen LogP contribution in [-0.2, 0) is 10.0 Å². The average Bonchev–Trinajstić information content (AvgIpc) is 2.31. The molecule has 0 saturated heterocycles. The second-order valence-corrected chi connectivity index (χ2v) is 7.29.